The van der Waals surface area contributed by atoms with Crippen molar-refractivity contribution in [2.45, 2.75) is 44.5 Å². The first-order valence-corrected chi connectivity index (χ1v) is 6.74. The third kappa shape index (κ3) is 3.99. The molecule has 0 saturated heterocycles. The summed E-state index contributed by atoms with van der Waals surface area (Å²) in [5.74, 6) is 0.213. The molecule has 1 unspecified atom stereocenters. The van der Waals surface area contributed by atoms with Crippen LogP contribution in [0.15, 0.2) is 5.16 Å². The lowest BCUT2D eigenvalue weighted by Crippen LogP contribution is -2.18. The normalized spacial score (nSPS) is 12.9. The van der Waals surface area contributed by atoms with Gasteiger partial charge < -0.3 is 14.4 Å². The van der Waals surface area contributed by atoms with E-state index in [1.54, 1.807) is 7.11 Å². The Bertz CT molecular complexity index is 406. The molecule has 0 fully saturated rings. The van der Waals surface area contributed by atoms with Crippen molar-refractivity contribution in [3.05, 3.63) is 5.82 Å². The van der Waals surface area contributed by atoms with Gasteiger partial charge in [-0.2, -0.15) is 0 Å². The predicted molar refractivity (Wildman–Crippen MR) is 68.9 cm³/mol. The van der Waals surface area contributed by atoms with E-state index in [9.17, 15) is 4.79 Å². The molecule has 0 aliphatic rings. The van der Waals surface area contributed by atoms with Crippen molar-refractivity contribution >= 4 is 17.7 Å². The molecule has 0 spiro atoms. The zero-order valence-corrected chi connectivity index (χ0v) is 11.9. The van der Waals surface area contributed by atoms with Gasteiger partial charge in [0.15, 0.2) is 5.16 Å². The lowest BCUT2D eigenvalue weighted by Gasteiger charge is -2.15. The van der Waals surface area contributed by atoms with Crippen LogP contribution in [0.3, 0.4) is 0 Å². The summed E-state index contributed by atoms with van der Waals surface area (Å²) in [6.07, 6.45) is 0.0303. The summed E-state index contributed by atoms with van der Waals surface area (Å²) < 4.78 is 7.17. The van der Waals surface area contributed by atoms with Crippen LogP contribution in [0.25, 0.3) is 0 Å². The van der Waals surface area contributed by atoms with Gasteiger partial charge in [0.25, 0.3) is 0 Å². The predicted octanol–water partition coefficient (Wildman–Crippen LogP) is 1.61. The van der Waals surface area contributed by atoms with Crippen LogP contribution >= 0.6 is 11.8 Å². The van der Waals surface area contributed by atoms with E-state index in [0.29, 0.717) is 11.7 Å². The highest BCUT2D eigenvalue weighted by molar-refractivity contribution is 7.99. The van der Waals surface area contributed by atoms with E-state index in [-0.39, 0.29) is 17.8 Å². The van der Waals surface area contributed by atoms with Gasteiger partial charge in [0.05, 0.1) is 18.4 Å². The molecule has 0 amide bonds. The van der Waals surface area contributed by atoms with Crippen LogP contribution in [-0.2, 0) is 16.1 Å². The van der Waals surface area contributed by atoms with E-state index >= 15 is 0 Å². The van der Waals surface area contributed by atoms with Crippen LogP contribution in [0.5, 0.6) is 0 Å². The van der Waals surface area contributed by atoms with Gasteiger partial charge in [-0.15, -0.1) is 10.2 Å². The van der Waals surface area contributed by atoms with Crippen LogP contribution < -0.4 is 0 Å². The molecule has 1 N–H and O–H groups in total. The van der Waals surface area contributed by atoms with Gasteiger partial charge in [0.2, 0.25) is 0 Å². The fourth-order valence-electron chi connectivity index (χ4n) is 1.46. The molecule has 0 radical (unpaired) electrons. The van der Waals surface area contributed by atoms with E-state index in [0.717, 1.165) is 5.82 Å². The van der Waals surface area contributed by atoms with E-state index in [2.05, 4.69) is 10.2 Å². The maximum Gasteiger partial charge on any atom is 0.313 e. The van der Waals surface area contributed by atoms with Crippen LogP contribution in [0.2, 0.25) is 0 Å². The molecule has 1 aromatic rings. The fraction of sp³-hybridized carbons (Fsp3) is 0.727. The number of rotatable bonds is 7. The molecule has 1 heterocycles. The molecular weight excluding hydrogens is 254 g/mol. The van der Waals surface area contributed by atoms with Crippen molar-refractivity contribution in [2.24, 2.45) is 0 Å². The average molecular weight is 273 g/mol. The first-order valence-electron chi connectivity index (χ1n) is 5.76. The smallest absolute Gasteiger partial charge is 0.313 e. The molecule has 102 valence electrons. The number of hydrogen-bond acceptors (Lipinski definition) is 5. The second kappa shape index (κ2) is 6.75. The Kier molecular flexibility index (Phi) is 5.61. The highest BCUT2D eigenvalue weighted by atomic mass is 32.2. The molecule has 0 bridgehead atoms. The molecule has 1 rings (SSSR count). The van der Waals surface area contributed by atoms with Crippen molar-refractivity contribution in [3.8, 4) is 0 Å². The minimum Gasteiger partial charge on any atom is -0.481 e. The van der Waals surface area contributed by atoms with Crippen molar-refractivity contribution in [3.63, 3.8) is 0 Å². The summed E-state index contributed by atoms with van der Waals surface area (Å²) in [4.78, 5) is 10.6. The van der Waals surface area contributed by atoms with Gasteiger partial charge in [-0.25, -0.2) is 0 Å². The number of carboxylic acids is 1. The van der Waals surface area contributed by atoms with Gasteiger partial charge in [-0.1, -0.05) is 25.6 Å². The SMILES string of the molecule is COC(C)Cn1c(SCC(=O)O)nnc1C(C)C. The van der Waals surface area contributed by atoms with Crippen molar-refractivity contribution in [1.29, 1.82) is 0 Å². The second-order valence-corrected chi connectivity index (χ2v) is 5.28. The lowest BCUT2D eigenvalue weighted by molar-refractivity contribution is -0.133. The summed E-state index contributed by atoms with van der Waals surface area (Å²) in [6.45, 7) is 6.64. The standard InChI is InChI=1S/C11H19N3O3S/c1-7(2)10-12-13-11(18-6-9(15)16)14(10)5-8(3)17-4/h7-8H,5-6H2,1-4H3,(H,15,16). The van der Waals surface area contributed by atoms with Gasteiger partial charge in [-0.3, -0.25) is 4.79 Å². The van der Waals surface area contributed by atoms with Crippen molar-refractivity contribution < 1.29 is 14.6 Å². The summed E-state index contributed by atoms with van der Waals surface area (Å²) in [5, 5.41) is 17.5. The van der Waals surface area contributed by atoms with Crippen LogP contribution in [0, 0.1) is 0 Å². The zero-order chi connectivity index (χ0) is 13.7. The topological polar surface area (TPSA) is 77.2 Å². The number of methoxy groups -OCH3 is 1. The number of aliphatic carboxylic acids is 1. The van der Waals surface area contributed by atoms with Gasteiger partial charge in [0, 0.05) is 13.0 Å². The van der Waals surface area contributed by atoms with Crippen molar-refractivity contribution in [2.75, 3.05) is 12.9 Å². The van der Waals surface area contributed by atoms with Crippen molar-refractivity contribution in [1.82, 2.24) is 14.8 Å². The lowest BCUT2D eigenvalue weighted by atomic mass is 10.2. The van der Waals surface area contributed by atoms with Crippen LogP contribution in [0.1, 0.15) is 32.5 Å². The molecule has 7 heteroatoms. The van der Waals surface area contributed by atoms with Gasteiger partial charge in [-0.05, 0) is 6.92 Å². The minimum absolute atomic E-state index is 0.0163. The number of hydrogen-bond donors (Lipinski definition) is 1. The highest BCUT2D eigenvalue weighted by Crippen LogP contribution is 2.21. The Morgan fingerprint density at radius 3 is 2.61 bits per heavy atom. The van der Waals surface area contributed by atoms with E-state index in [1.807, 2.05) is 25.3 Å². The van der Waals surface area contributed by atoms with E-state index in [4.69, 9.17) is 9.84 Å². The summed E-state index contributed by atoms with van der Waals surface area (Å²) in [6, 6.07) is 0. The maximum absolute atomic E-state index is 10.6. The molecule has 1 aromatic heterocycles. The minimum atomic E-state index is -0.861. The molecule has 0 aliphatic carbocycles. The number of nitrogens with zero attached hydrogens (tertiary/aromatic N) is 3. The Labute approximate surface area is 111 Å². The quantitative estimate of drug-likeness (QED) is 0.761. The van der Waals surface area contributed by atoms with E-state index in [1.165, 1.54) is 11.8 Å². The molecule has 6 nitrogen and oxygen atoms in total. The fourth-order valence-corrected chi connectivity index (χ4v) is 2.14. The number of carbonyl (C=O) groups is 1. The average Bonchev–Trinajstić information content (AvgIpc) is 2.69. The van der Waals surface area contributed by atoms with Crippen LogP contribution in [-0.4, -0.2) is 44.8 Å². The number of aromatic nitrogens is 3. The Hall–Kier alpha value is -1.08. The first kappa shape index (κ1) is 15.0. The summed E-state index contributed by atoms with van der Waals surface area (Å²) in [5.41, 5.74) is 0. The maximum atomic E-state index is 10.6. The number of carboxylic acid groups (broad SMARTS) is 1. The third-order valence-corrected chi connectivity index (χ3v) is 3.38. The number of thioether (sulfide) groups is 1. The molecule has 0 saturated carbocycles. The monoisotopic (exact) mass is 273 g/mol. The molecular formula is C11H19N3O3S. The third-order valence-electron chi connectivity index (χ3n) is 2.43. The molecule has 0 aromatic carbocycles. The molecule has 0 aliphatic heterocycles. The van der Waals surface area contributed by atoms with Gasteiger partial charge in [0.1, 0.15) is 5.82 Å². The second-order valence-electron chi connectivity index (χ2n) is 4.33. The van der Waals surface area contributed by atoms with E-state index < -0.39 is 5.97 Å². The molecule has 18 heavy (non-hydrogen) atoms. The first-order chi connectivity index (χ1) is 8.45. The highest BCUT2D eigenvalue weighted by Gasteiger charge is 2.17. The molecule has 1 atom stereocenters. The Morgan fingerprint density at radius 2 is 2.11 bits per heavy atom. The summed E-state index contributed by atoms with van der Waals surface area (Å²) in [7, 11) is 1.65. The van der Waals surface area contributed by atoms with Gasteiger partial charge >= 0.3 is 5.97 Å². The largest absolute Gasteiger partial charge is 0.481 e. The number of ether oxygens (including phenoxy) is 1. The van der Waals surface area contributed by atoms with Crippen LogP contribution in [0.4, 0.5) is 0 Å². The Morgan fingerprint density at radius 1 is 1.44 bits per heavy atom. The summed E-state index contributed by atoms with van der Waals surface area (Å²) >= 11 is 1.18. The zero-order valence-electron chi connectivity index (χ0n) is 11.1. The Balaban J connectivity index is 2.91.